The molecule has 0 aliphatic carbocycles. The van der Waals surface area contributed by atoms with E-state index in [0.29, 0.717) is 0 Å². The second kappa shape index (κ2) is 305. The van der Waals surface area contributed by atoms with Crippen molar-refractivity contribution in [2.45, 2.75) is 34.2 Å². The van der Waals surface area contributed by atoms with Crippen LogP contribution in [0.1, 0.15) is 28.2 Å². The molecule has 0 fully saturated rings. The average Bonchev–Trinajstić information content (AvgIpc) is 1.78. The van der Waals surface area contributed by atoms with Crippen LogP contribution in [0.2, 0.25) is 6.04 Å². The van der Waals surface area contributed by atoms with Gasteiger partial charge in [0.25, 0.3) is 0 Å². The van der Waals surface area contributed by atoms with Gasteiger partial charge in [-0.3, -0.25) is 0 Å². The fourth-order valence-electron chi connectivity index (χ4n) is 0. The highest BCUT2D eigenvalue weighted by Gasteiger charge is 1.36. The first-order valence-electron chi connectivity index (χ1n) is 2.91. The normalized spacial score (nSPS) is 3.44. The highest BCUT2D eigenvalue weighted by molar-refractivity contribution is 6.08. The SMILES string of the molecule is C.C=C.CC.CC[SiH3].[SiH4]. The molecule has 0 radical (unpaired) electrons. The van der Waals surface area contributed by atoms with Crippen molar-refractivity contribution in [3.63, 3.8) is 0 Å². The van der Waals surface area contributed by atoms with Gasteiger partial charge in [0, 0.05) is 10.2 Å². The summed E-state index contributed by atoms with van der Waals surface area (Å²) in [5, 5.41) is 0. The van der Waals surface area contributed by atoms with Crippen molar-refractivity contribution >= 4 is 21.2 Å². The molecular weight excluding hydrogens is 140 g/mol. The van der Waals surface area contributed by atoms with Crippen molar-refractivity contribution in [3.05, 3.63) is 13.2 Å². The summed E-state index contributed by atoms with van der Waals surface area (Å²) in [6.07, 6.45) is 0. The van der Waals surface area contributed by atoms with E-state index >= 15 is 0 Å². The van der Waals surface area contributed by atoms with Gasteiger partial charge in [-0.1, -0.05) is 34.2 Å². The summed E-state index contributed by atoms with van der Waals surface area (Å²) < 4.78 is 0. The maximum Gasteiger partial charge on any atom is 0.00244 e. The smallest absolute Gasteiger partial charge is 0.00244 e. The topological polar surface area (TPSA) is 0 Å². The molecule has 0 nitrogen and oxygen atoms in total. The van der Waals surface area contributed by atoms with Crippen LogP contribution in [0.3, 0.4) is 0 Å². The van der Waals surface area contributed by atoms with E-state index in [0.717, 1.165) is 0 Å². The lowest BCUT2D eigenvalue weighted by atomic mass is 11.0. The zero-order chi connectivity index (χ0) is 6.71. The minimum atomic E-state index is 0. The molecule has 0 saturated carbocycles. The Labute approximate surface area is 69.2 Å². The Morgan fingerprint density at radius 3 is 1.22 bits per heavy atom. The van der Waals surface area contributed by atoms with Crippen molar-refractivity contribution in [2.75, 3.05) is 0 Å². The van der Waals surface area contributed by atoms with Gasteiger partial charge in [0.1, 0.15) is 0 Å². The molecule has 0 aromatic rings. The predicted octanol–water partition coefficient (Wildman–Crippen LogP) is 0.803. The third-order valence-electron chi connectivity index (χ3n) is 0. The Kier molecular flexibility index (Phi) is 1190. The quantitative estimate of drug-likeness (QED) is 0.369. The summed E-state index contributed by atoms with van der Waals surface area (Å²) in [6.45, 7) is 12.2. The second-order valence-electron chi connectivity index (χ2n) is 0.707. The Morgan fingerprint density at radius 2 is 1.22 bits per heavy atom. The molecule has 0 aliphatic rings. The summed E-state index contributed by atoms with van der Waals surface area (Å²) in [6, 6.07) is 1.39. The minimum Gasteiger partial charge on any atom is -0.106 e. The first-order valence-corrected chi connectivity index (χ1v) is 4.33. The van der Waals surface area contributed by atoms with Gasteiger partial charge in [0.2, 0.25) is 0 Å². The van der Waals surface area contributed by atoms with E-state index in [1.54, 1.807) is 0 Å². The van der Waals surface area contributed by atoms with Crippen LogP contribution in [0, 0.1) is 0 Å². The van der Waals surface area contributed by atoms with E-state index in [1.807, 2.05) is 13.8 Å². The maximum absolute atomic E-state index is 3.00. The third kappa shape index (κ3) is 10300. The Hall–Kier alpha value is 0.174. The van der Waals surface area contributed by atoms with Gasteiger partial charge in [-0.2, -0.15) is 0 Å². The first-order chi connectivity index (χ1) is 3.41. The molecule has 62 valence electrons. The lowest BCUT2D eigenvalue weighted by Crippen LogP contribution is -1.41. The van der Waals surface area contributed by atoms with Crippen molar-refractivity contribution in [1.82, 2.24) is 0 Å². The molecule has 0 aromatic heterocycles. The molecule has 0 saturated heterocycles. The lowest BCUT2D eigenvalue weighted by Gasteiger charge is -1.47. The van der Waals surface area contributed by atoms with Gasteiger partial charge in [0.15, 0.2) is 0 Å². The van der Waals surface area contributed by atoms with Crippen LogP contribution in [0.5, 0.6) is 0 Å². The van der Waals surface area contributed by atoms with Gasteiger partial charge in [-0.15, -0.1) is 13.2 Å². The monoisotopic (exact) mass is 166 g/mol. The van der Waals surface area contributed by atoms with Crippen molar-refractivity contribution in [2.24, 2.45) is 0 Å². The highest BCUT2D eigenvalue weighted by atomic mass is 28.1. The van der Waals surface area contributed by atoms with Crippen LogP contribution >= 0.6 is 0 Å². The molecule has 0 aliphatic heterocycles. The molecular formula is C7H26Si2. The maximum atomic E-state index is 3.00. The molecule has 0 atom stereocenters. The summed E-state index contributed by atoms with van der Waals surface area (Å²) in [5.41, 5.74) is 0. The predicted molar refractivity (Wildman–Crippen MR) is 61.1 cm³/mol. The van der Waals surface area contributed by atoms with Crippen molar-refractivity contribution in [3.8, 4) is 0 Å². The second-order valence-corrected chi connectivity index (χ2v) is 2.12. The van der Waals surface area contributed by atoms with Crippen molar-refractivity contribution in [1.29, 1.82) is 0 Å². The molecule has 2 heteroatoms. The van der Waals surface area contributed by atoms with Gasteiger partial charge in [-0.25, -0.2) is 0 Å². The van der Waals surface area contributed by atoms with Crippen LogP contribution in [-0.4, -0.2) is 21.2 Å². The highest BCUT2D eigenvalue weighted by Crippen LogP contribution is 1.49. The summed E-state index contributed by atoms with van der Waals surface area (Å²) in [7, 11) is 1.37. The number of rotatable bonds is 0. The van der Waals surface area contributed by atoms with E-state index in [1.165, 1.54) is 16.3 Å². The third-order valence-corrected chi connectivity index (χ3v) is 0. The molecule has 0 rings (SSSR count). The van der Waals surface area contributed by atoms with Gasteiger partial charge >= 0.3 is 0 Å². The van der Waals surface area contributed by atoms with Crippen LogP contribution < -0.4 is 0 Å². The van der Waals surface area contributed by atoms with E-state index < -0.39 is 0 Å². The average molecular weight is 166 g/mol. The molecule has 0 spiro atoms. The Morgan fingerprint density at radius 1 is 1.22 bits per heavy atom. The molecule has 0 aromatic carbocycles. The largest absolute Gasteiger partial charge is 0.106 e. The van der Waals surface area contributed by atoms with Gasteiger partial charge < -0.3 is 0 Å². The van der Waals surface area contributed by atoms with Crippen LogP contribution in [-0.2, 0) is 0 Å². The van der Waals surface area contributed by atoms with E-state index in [2.05, 4.69) is 20.1 Å². The molecule has 9 heavy (non-hydrogen) atoms. The van der Waals surface area contributed by atoms with Crippen LogP contribution in [0.25, 0.3) is 0 Å². The first kappa shape index (κ1) is 35.2. The summed E-state index contributed by atoms with van der Waals surface area (Å²) >= 11 is 0. The summed E-state index contributed by atoms with van der Waals surface area (Å²) in [4.78, 5) is 0. The van der Waals surface area contributed by atoms with Crippen molar-refractivity contribution < 1.29 is 0 Å². The molecule has 0 N–H and O–H groups in total. The molecule has 0 unspecified atom stereocenters. The number of hydrogen-bond acceptors (Lipinski definition) is 0. The lowest BCUT2D eigenvalue weighted by molar-refractivity contribution is 1.48. The molecule has 0 amide bonds. The van der Waals surface area contributed by atoms with Crippen LogP contribution in [0.15, 0.2) is 13.2 Å². The Balaban J connectivity index is -0.00000000825. The van der Waals surface area contributed by atoms with E-state index in [4.69, 9.17) is 0 Å². The van der Waals surface area contributed by atoms with Gasteiger partial charge in [0.05, 0.1) is 0 Å². The zero-order valence-corrected chi connectivity index (χ0v) is 8.12. The molecule has 0 bridgehead atoms. The molecule has 0 heterocycles. The fourth-order valence-corrected chi connectivity index (χ4v) is 0. The fraction of sp³-hybridized carbons (Fsp3) is 0.714. The van der Waals surface area contributed by atoms with E-state index in [-0.39, 0.29) is 18.4 Å². The standard InChI is InChI=1S/C2H8Si.C2H6.C2H4.CH4.H4Si/c1-2-3;2*1-2;;/h2H2,1,3H3;1-2H3;1-2H2;2*1H4. The Bertz CT molecular complexity index is 10.9. The number of hydrogen-bond donors (Lipinski definition) is 0. The minimum absolute atomic E-state index is 0. The van der Waals surface area contributed by atoms with Crippen LogP contribution in [0.4, 0.5) is 0 Å². The van der Waals surface area contributed by atoms with Gasteiger partial charge in [-0.05, 0) is 11.0 Å². The van der Waals surface area contributed by atoms with E-state index in [9.17, 15) is 0 Å². The summed E-state index contributed by atoms with van der Waals surface area (Å²) in [5.74, 6) is 0. The zero-order valence-electron chi connectivity index (χ0n) is 6.12.